The van der Waals surface area contributed by atoms with E-state index >= 15 is 0 Å². The Labute approximate surface area is 199 Å². The molecule has 3 aromatic rings. The summed E-state index contributed by atoms with van der Waals surface area (Å²) in [5, 5.41) is 0. The summed E-state index contributed by atoms with van der Waals surface area (Å²) >= 11 is 0. The van der Waals surface area contributed by atoms with Gasteiger partial charge in [0.2, 0.25) is 5.75 Å². The summed E-state index contributed by atoms with van der Waals surface area (Å²) in [4.78, 5) is 11.6. The van der Waals surface area contributed by atoms with Gasteiger partial charge in [-0.25, -0.2) is 4.79 Å². The topological polar surface area (TPSA) is 63.2 Å². The predicted molar refractivity (Wildman–Crippen MR) is 129 cm³/mol. The van der Waals surface area contributed by atoms with Crippen molar-refractivity contribution < 1.29 is 28.5 Å². The molecule has 0 radical (unpaired) electrons. The van der Waals surface area contributed by atoms with E-state index in [1.54, 1.807) is 64.8 Å². The van der Waals surface area contributed by atoms with Gasteiger partial charge in [-0.2, -0.15) is 0 Å². The van der Waals surface area contributed by atoms with Gasteiger partial charge in [-0.15, -0.1) is 0 Å². The van der Waals surface area contributed by atoms with Gasteiger partial charge in [-0.3, -0.25) is 0 Å². The van der Waals surface area contributed by atoms with Crippen LogP contribution >= 0.6 is 0 Å². The van der Waals surface area contributed by atoms with E-state index in [9.17, 15) is 4.79 Å². The second-order valence-corrected chi connectivity index (χ2v) is 6.93. The normalized spacial score (nSPS) is 9.56. The van der Waals surface area contributed by atoms with Gasteiger partial charge in [0.1, 0.15) is 5.75 Å². The summed E-state index contributed by atoms with van der Waals surface area (Å²) in [5.74, 6) is 14.3. The zero-order valence-corrected chi connectivity index (χ0v) is 19.6. The van der Waals surface area contributed by atoms with Crippen LogP contribution in [0.15, 0.2) is 54.6 Å². The number of carbonyl (C=O) groups is 1. The van der Waals surface area contributed by atoms with E-state index in [0.29, 0.717) is 34.1 Å². The molecule has 0 fully saturated rings. The van der Waals surface area contributed by atoms with Crippen molar-refractivity contribution in [2.75, 3.05) is 35.5 Å². The first kappa shape index (κ1) is 24.1. The van der Waals surface area contributed by atoms with Gasteiger partial charge < -0.3 is 23.7 Å². The Kier molecular flexibility index (Phi) is 8.05. The van der Waals surface area contributed by atoms with Crippen molar-refractivity contribution in [2.45, 2.75) is 0 Å². The number of carbonyl (C=O) groups excluding carboxylic acids is 1. The molecule has 0 heterocycles. The smallest absolute Gasteiger partial charge is 0.337 e. The molecule has 0 N–H and O–H groups in total. The Morgan fingerprint density at radius 1 is 0.588 bits per heavy atom. The first-order chi connectivity index (χ1) is 16.5. The average Bonchev–Trinajstić information content (AvgIpc) is 2.89. The lowest BCUT2D eigenvalue weighted by Crippen LogP contribution is -2.00. The molecule has 0 unspecified atom stereocenters. The Morgan fingerprint density at radius 3 is 1.53 bits per heavy atom. The minimum Gasteiger partial charge on any atom is -0.497 e. The number of rotatable bonds is 5. The second-order valence-electron chi connectivity index (χ2n) is 6.93. The molecule has 0 bridgehead atoms. The van der Waals surface area contributed by atoms with Gasteiger partial charge in [0.05, 0.1) is 41.1 Å². The molecule has 3 aromatic carbocycles. The maximum absolute atomic E-state index is 11.6. The highest BCUT2D eigenvalue weighted by molar-refractivity contribution is 5.89. The van der Waals surface area contributed by atoms with Crippen LogP contribution in [-0.4, -0.2) is 41.5 Å². The molecule has 34 heavy (non-hydrogen) atoms. The molecule has 6 nitrogen and oxygen atoms in total. The predicted octanol–water partition coefficient (Wildman–Crippen LogP) is 4.31. The Bertz CT molecular complexity index is 1280. The monoisotopic (exact) mass is 456 g/mol. The van der Waals surface area contributed by atoms with Crippen LogP contribution in [0.1, 0.15) is 32.6 Å². The van der Waals surface area contributed by atoms with E-state index in [4.69, 9.17) is 23.7 Å². The van der Waals surface area contributed by atoms with Gasteiger partial charge in [0, 0.05) is 22.3 Å². The Hall–Kier alpha value is -4.55. The fourth-order valence-electron chi connectivity index (χ4n) is 3.11. The fourth-order valence-corrected chi connectivity index (χ4v) is 3.11. The van der Waals surface area contributed by atoms with Crippen LogP contribution in [0.3, 0.4) is 0 Å². The molecule has 0 atom stereocenters. The van der Waals surface area contributed by atoms with E-state index in [1.807, 2.05) is 18.2 Å². The molecule has 0 saturated carbocycles. The number of hydrogen-bond acceptors (Lipinski definition) is 6. The zero-order valence-electron chi connectivity index (χ0n) is 19.6. The lowest BCUT2D eigenvalue weighted by molar-refractivity contribution is 0.0600. The van der Waals surface area contributed by atoms with Crippen molar-refractivity contribution in [1.82, 2.24) is 0 Å². The minimum absolute atomic E-state index is 0.386. The van der Waals surface area contributed by atoms with Gasteiger partial charge in [0.25, 0.3) is 0 Å². The first-order valence-electron chi connectivity index (χ1n) is 10.2. The third-order valence-corrected chi connectivity index (χ3v) is 4.82. The number of methoxy groups -OCH3 is 5. The van der Waals surface area contributed by atoms with E-state index in [0.717, 1.165) is 16.7 Å². The molecular formula is C28H24O6. The van der Waals surface area contributed by atoms with Crippen LogP contribution in [0.25, 0.3) is 0 Å². The summed E-state index contributed by atoms with van der Waals surface area (Å²) in [6.07, 6.45) is 0. The highest BCUT2D eigenvalue weighted by atomic mass is 16.5. The van der Waals surface area contributed by atoms with Crippen LogP contribution in [0.5, 0.6) is 23.0 Å². The summed E-state index contributed by atoms with van der Waals surface area (Å²) in [6, 6.07) is 16.0. The van der Waals surface area contributed by atoms with Crippen LogP contribution in [0.4, 0.5) is 0 Å². The molecule has 0 aromatic heterocycles. The summed E-state index contributed by atoms with van der Waals surface area (Å²) < 4.78 is 26.3. The van der Waals surface area contributed by atoms with Gasteiger partial charge in [-0.05, 0) is 54.6 Å². The lowest BCUT2D eigenvalue weighted by Gasteiger charge is -2.12. The van der Waals surface area contributed by atoms with Crippen LogP contribution < -0.4 is 18.9 Å². The maximum atomic E-state index is 11.6. The number of ether oxygens (including phenoxy) is 5. The van der Waals surface area contributed by atoms with E-state index < -0.39 is 0 Å². The number of hydrogen-bond donors (Lipinski definition) is 0. The van der Waals surface area contributed by atoms with Crippen molar-refractivity contribution in [3.05, 3.63) is 82.4 Å². The SMILES string of the molecule is COC(=O)c1ccc(C#Cc2cc(C#Cc3cc(OC)c(OC)c(OC)c3)cc(OC)c2)cc1. The summed E-state index contributed by atoms with van der Waals surface area (Å²) in [5.41, 5.74) is 3.42. The van der Waals surface area contributed by atoms with Crippen LogP contribution in [-0.2, 0) is 4.74 Å². The standard InChI is InChI=1S/C28H24O6/c1-30-24-15-20(7-6-19-10-12-23(13-11-19)28(29)34-5)14-21(16-24)8-9-22-17-25(31-2)27(33-4)26(18-22)32-3/h10-18H,1-5H3. The highest BCUT2D eigenvalue weighted by Gasteiger charge is 2.12. The average molecular weight is 456 g/mol. The summed E-state index contributed by atoms with van der Waals surface area (Å²) in [6.45, 7) is 0. The molecule has 0 aliphatic carbocycles. The first-order valence-corrected chi connectivity index (χ1v) is 10.2. The van der Waals surface area contributed by atoms with Gasteiger partial charge >= 0.3 is 5.97 Å². The Morgan fingerprint density at radius 2 is 1.09 bits per heavy atom. The van der Waals surface area contributed by atoms with Crippen molar-refractivity contribution in [3.63, 3.8) is 0 Å². The van der Waals surface area contributed by atoms with Crippen molar-refractivity contribution >= 4 is 5.97 Å². The van der Waals surface area contributed by atoms with Gasteiger partial charge in [-0.1, -0.05) is 23.7 Å². The third kappa shape index (κ3) is 5.82. The molecule has 6 heteroatoms. The number of esters is 1. The quantitative estimate of drug-likeness (QED) is 0.421. The highest BCUT2D eigenvalue weighted by Crippen LogP contribution is 2.37. The Balaban J connectivity index is 1.92. The second kappa shape index (κ2) is 11.4. The largest absolute Gasteiger partial charge is 0.497 e. The van der Waals surface area contributed by atoms with Crippen LogP contribution in [0.2, 0.25) is 0 Å². The molecule has 3 rings (SSSR count). The van der Waals surface area contributed by atoms with E-state index in [-0.39, 0.29) is 5.97 Å². The maximum Gasteiger partial charge on any atom is 0.337 e. The zero-order chi connectivity index (χ0) is 24.5. The molecule has 0 saturated heterocycles. The molecule has 0 aliphatic heterocycles. The van der Waals surface area contributed by atoms with Crippen LogP contribution in [0, 0.1) is 23.7 Å². The molecule has 172 valence electrons. The van der Waals surface area contributed by atoms with Crippen molar-refractivity contribution in [2.24, 2.45) is 0 Å². The molecule has 0 amide bonds. The van der Waals surface area contributed by atoms with Gasteiger partial charge in [0.15, 0.2) is 11.5 Å². The number of benzene rings is 3. The van der Waals surface area contributed by atoms with E-state index in [1.165, 1.54) is 7.11 Å². The molecule has 0 spiro atoms. The van der Waals surface area contributed by atoms with Crippen molar-refractivity contribution in [3.8, 4) is 46.7 Å². The molecule has 0 aliphatic rings. The lowest BCUT2D eigenvalue weighted by atomic mass is 10.1. The minimum atomic E-state index is -0.386. The third-order valence-electron chi connectivity index (χ3n) is 4.82. The van der Waals surface area contributed by atoms with Crippen molar-refractivity contribution in [1.29, 1.82) is 0 Å². The molecular weight excluding hydrogens is 432 g/mol. The van der Waals surface area contributed by atoms with E-state index in [2.05, 4.69) is 23.7 Å². The fraction of sp³-hybridized carbons (Fsp3) is 0.179. The summed E-state index contributed by atoms with van der Waals surface area (Å²) in [7, 11) is 7.61.